The van der Waals surface area contributed by atoms with E-state index in [4.69, 9.17) is 33.2 Å². The molecule has 2 aromatic heterocycles. The van der Waals surface area contributed by atoms with E-state index in [0.29, 0.717) is 57.9 Å². The number of benzene rings is 4. The molecule has 2 saturated heterocycles. The Hall–Kier alpha value is -6.75. The van der Waals surface area contributed by atoms with Crippen LogP contribution in [0.2, 0.25) is 0 Å². The van der Waals surface area contributed by atoms with Crippen LogP contribution in [0.15, 0.2) is 107 Å². The van der Waals surface area contributed by atoms with Crippen LogP contribution in [0.5, 0.6) is 34.5 Å². The number of ether oxygens (including phenoxy) is 7. The Balaban J connectivity index is 0.000000187. The summed E-state index contributed by atoms with van der Waals surface area (Å²) in [4.78, 5) is 45.7. The molecule has 16 nitrogen and oxygen atoms in total. The van der Waals surface area contributed by atoms with Crippen LogP contribution >= 0.6 is 0 Å². The van der Waals surface area contributed by atoms with E-state index in [-0.39, 0.29) is 35.3 Å². The molecule has 0 aliphatic carbocycles. The summed E-state index contributed by atoms with van der Waals surface area (Å²) in [5.41, 5.74) is 3.40. The average Bonchev–Trinajstić information content (AvgIpc) is 3.42. The molecule has 0 bridgehead atoms. The summed E-state index contributed by atoms with van der Waals surface area (Å²) in [7, 11) is 3.29. The topological polar surface area (TPSA) is 147 Å². The zero-order chi connectivity index (χ0) is 52.6. The quantitative estimate of drug-likeness (QED) is 0.111. The van der Waals surface area contributed by atoms with E-state index in [0.717, 1.165) is 115 Å². The molecular formula is C59H74N6O10. The Kier molecular flexibility index (Phi) is 16.9. The lowest BCUT2D eigenvalue weighted by Crippen LogP contribution is -2.51. The first-order chi connectivity index (χ1) is 36.2. The fourth-order valence-electron chi connectivity index (χ4n) is 10.6. The number of fused-ring (bicyclic) bond motifs is 4. The molecule has 1 amide bonds. The number of pyridine rings is 2. The van der Waals surface area contributed by atoms with E-state index in [9.17, 15) is 14.4 Å². The van der Waals surface area contributed by atoms with Crippen LogP contribution in [0.25, 0.3) is 21.8 Å². The molecule has 0 spiro atoms. The molecule has 4 aliphatic heterocycles. The van der Waals surface area contributed by atoms with Crippen molar-refractivity contribution < 1.29 is 38.0 Å². The SMILES string of the molecule is COc1ccc2ccc(=O)n(CC(C)N3CCC(N(Cc4ccc5c(c4)OCCO5)C(=O)OC(C)(C)C)CC3)c2c1.COc1ccc2ccc(=O)n(CC(C)N3CCC(NCc4ccc5c(c4)OCCO5)CC3)c2c1. The molecule has 2 atom stereocenters. The second-order valence-corrected chi connectivity index (χ2v) is 21.1. The highest BCUT2D eigenvalue weighted by Gasteiger charge is 2.33. The van der Waals surface area contributed by atoms with Gasteiger partial charge in [0.05, 0.1) is 25.3 Å². The Morgan fingerprint density at radius 3 is 1.56 bits per heavy atom. The van der Waals surface area contributed by atoms with Gasteiger partial charge in [-0.05, 0) is 156 Å². The molecule has 1 N–H and O–H groups in total. The normalized spacial score (nSPS) is 17.2. The van der Waals surface area contributed by atoms with Crippen LogP contribution < -0.4 is 44.9 Å². The van der Waals surface area contributed by atoms with Gasteiger partial charge in [0.25, 0.3) is 11.1 Å². The highest BCUT2D eigenvalue weighted by molar-refractivity contribution is 5.81. The maximum Gasteiger partial charge on any atom is 0.410 e. The van der Waals surface area contributed by atoms with Gasteiger partial charge in [-0.3, -0.25) is 19.4 Å². The van der Waals surface area contributed by atoms with Crippen molar-refractivity contribution in [1.29, 1.82) is 0 Å². The van der Waals surface area contributed by atoms with Gasteiger partial charge in [0.1, 0.15) is 43.5 Å². The van der Waals surface area contributed by atoms with Crippen LogP contribution in [0.1, 0.15) is 71.4 Å². The number of nitrogens with one attached hydrogen (secondary N) is 1. The lowest BCUT2D eigenvalue weighted by molar-refractivity contribution is 0.00337. The molecular weight excluding hydrogens is 953 g/mol. The van der Waals surface area contributed by atoms with Gasteiger partial charge in [-0.15, -0.1) is 0 Å². The predicted octanol–water partition coefficient (Wildman–Crippen LogP) is 8.50. The van der Waals surface area contributed by atoms with Crippen molar-refractivity contribution in [2.75, 3.05) is 66.8 Å². The fourth-order valence-corrected chi connectivity index (χ4v) is 10.6. The van der Waals surface area contributed by atoms with Crippen LogP contribution in [-0.2, 0) is 30.9 Å². The number of hydrogen-bond donors (Lipinski definition) is 1. The number of rotatable bonds is 14. The smallest absolute Gasteiger partial charge is 0.410 e. The molecule has 0 saturated carbocycles. The summed E-state index contributed by atoms with van der Waals surface area (Å²) in [6.07, 6.45) is 3.49. The van der Waals surface area contributed by atoms with Gasteiger partial charge in [-0.2, -0.15) is 0 Å². The molecule has 2 fully saturated rings. The minimum Gasteiger partial charge on any atom is -0.497 e. The Morgan fingerprint density at radius 1 is 0.613 bits per heavy atom. The molecule has 6 heterocycles. The summed E-state index contributed by atoms with van der Waals surface area (Å²) in [6, 6.07) is 31.7. The average molecular weight is 1030 g/mol. The number of carbonyl (C=O) groups excluding carboxylic acids is 1. The maximum absolute atomic E-state index is 13.4. The third-order valence-electron chi connectivity index (χ3n) is 14.8. The van der Waals surface area contributed by atoms with Crippen molar-refractivity contribution in [2.24, 2.45) is 0 Å². The maximum atomic E-state index is 13.4. The number of hydrogen-bond acceptors (Lipinski definition) is 13. The Morgan fingerprint density at radius 2 is 1.07 bits per heavy atom. The van der Waals surface area contributed by atoms with Crippen LogP contribution in [-0.4, -0.2) is 127 Å². The van der Waals surface area contributed by atoms with E-state index < -0.39 is 5.60 Å². The van der Waals surface area contributed by atoms with Gasteiger partial charge >= 0.3 is 6.09 Å². The molecule has 2 unspecified atom stereocenters. The minimum atomic E-state index is -0.592. The highest BCUT2D eigenvalue weighted by atomic mass is 16.6. The number of piperidine rings is 2. The van der Waals surface area contributed by atoms with Gasteiger partial charge in [0, 0.05) is 87.7 Å². The first-order valence-electron chi connectivity index (χ1n) is 26.5. The summed E-state index contributed by atoms with van der Waals surface area (Å²) >= 11 is 0. The predicted molar refractivity (Wildman–Crippen MR) is 291 cm³/mol. The largest absolute Gasteiger partial charge is 0.497 e. The molecule has 75 heavy (non-hydrogen) atoms. The van der Waals surface area contributed by atoms with Gasteiger partial charge in [-0.25, -0.2) is 4.79 Å². The van der Waals surface area contributed by atoms with Crippen molar-refractivity contribution in [2.45, 2.75) is 116 Å². The number of methoxy groups -OCH3 is 2. The monoisotopic (exact) mass is 1030 g/mol. The summed E-state index contributed by atoms with van der Waals surface area (Å²) < 4.78 is 43.1. The number of carbonyl (C=O) groups is 1. The van der Waals surface area contributed by atoms with Crippen LogP contribution in [0, 0.1) is 0 Å². The van der Waals surface area contributed by atoms with Crippen molar-refractivity contribution in [3.05, 3.63) is 129 Å². The number of likely N-dealkylation sites (tertiary alicyclic amines) is 2. The summed E-state index contributed by atoms with van der Waals surface area (Å²) in [5, 5.41) is 5.76. The highest BCUT2D eigenvalue weighted by Crippen LogP contribution is 2.34. The van der Waals surface area contributed by atoms with E-state index in [2.05, 4.69) is 41.1 Å². The van der Waals surface area contributed by atoms with E-state index in [1.807, 2.05) is 108 Å². The first-order valence-corrected chi connectivity index (χ1v) is 26.5. The third-order valence-corrected chi connectivity index (χ3v) is 14.8. The lowest BCUT2D eigenvalue weighted by Gasteiger charge is -2.41. The number of aromatic nitrogens is 2. The molecule has 0 radical (unpaired) electrons. The zero-order valence-electron chi connectivity index (χ0n) is 44.7. The van der Waals surface area contributed by atoms with E-state index >= 15 is 0 Å². The van der Waals surface area contributed by atoms with Crippen LogP contribution in [0.4, 0.5) is 4.79 Å². The fraction of sp³-hybridized carbons (Fsp3) is 0.475. The molecule has 16 heteroatoms. The lowest BCUT2D eigenvalue weighted by atomic mass is 10.0. The second kappa shape index (κ2) is 23.8. The molecule has 4 aromatic carbocycles. The van der Waals surface area contributed by atoms with Gasteiger partial charge in [-0.1, -0.05) is 12.1 Å². The minimum absolute atomic E-state index is 0.0250. The first kappa shape index (κ1) is 53.1. The molecule has 6 aromatic rings. The van der Waals surface area contributed by atoms with Gasteiger partial charge in [0.15, 0.2) is 23.0 Å². The molecule has 4 aliphatic rings. The van der Waals surface area contributed by atoms with Gasteiger partial charge in [0.2, 0.25) is 0 Å². The van der Waals surface area contributed by atoms with Crippen molar-refractivity contribution in [3.63, 3.8) is 0 Å². The number of nitrogens with zero attached hydrogens (tertiary/aromatic N) is 5. The zero-order valence-corrected chi connectivity index (χ0v) is 44.7. The van der Waals surface area contributed by atoms with Gasteiger partial charge < -0.3 is 52.5 Å². The van der Waals surface area contributed by atoms with Crippen molar-refractivity contribution in [3.8, 4) is 34.5 Å². The Labute approximate surface area is 439 Å². The third kappa shape index (κ3) is 13.2. The number of amides is 1. The summed E-state index contributed by atoms with van der Waals surface area (Å²) in [6.45, 7) is 18.5. The van der Waals surface area contributed by atoms with E-state index in [1.54, 1.807) is 26.4 Å². The Bertz CT molecular complexity index is 3040. The molecule has 10 rings (SSSR count). The van der Waals surface area contributed by atoms with Crippen LogP contribution in [0.3, 0.4) is 0 Å². The van der Waals surface area contributed by atoms with E-state index in [1.165, 1.54) is 5.56 Å². The molecule has 400 valence electrons. The second-order valence-electron chi connectivity index (χ2n) is 21.1. The van der Waals surface area contributed by atoms with Crippen molar-refractivity contribution in [1.82, 2.24) is 29.2 Å². The van der Waals surface area contributed by atoms with Crippen molar-refractivity contribution >= 4 is 27.9 Å². The standard InChI is InChI=1S/C32H41N3O6.C27H33N3O4/c1-22(20-35-27-19-26(38-5)9-7-24(27)8-11-30(35)36)33-14-12-25(13-15-33)34(31(37)41-32(2,3)4)21-23-6-10-28-29(18-23)40-17-16-39-28;1-19(18-30-24-16-23(32-2)6-4-21(24)5-8-27(30)31)29-11-9-22(10-12-29)28-17-20-3-7-25-26(15-20)34-14-13-33-25/h6-11,18-19,22,25H,12-17,20-21H2,1-5H3;3-8,15-16,19,22,28H,9-14,17-18H2,1-2H3. The summed E-state index contributed by atoms with van der Waals surface area (Å²) in [5.74, 6) is 4.61.